The molecular weight excluding hydrogens is 314 g/mol. The normalized spacial score (nSPS) is 10.9. The average Bonchev–Trinajstić information content (AvgIpc) is 3.03. The minimum Gasteiger partial charge on any atom is -0.493 e. The summed E-state index contributed by atoms with van der Waals surface area (Å²) in [6.45, 7) is 10.8. The first kappa shape index (κ1) is 17.1. The van der Waals surface area contributed by atoms with E-state index in [0.717, 1.165) is 45.8 Å². The monoisotopic (exact) mass is 337 g/mol. The third kappa shape index (κ3) is 3.71. The molecule has 0 N–H and O–H groups in total. The van der Waals surface area contributed by atoms with E-state index in [-0.39, 0.29) is 0 Å². The Kier molecular flexibility index (Phi) is 4.83. The summed E-state index contributed by atoms with van der Waals surface area (Å²) < 4.78 is 11.3. The number of benzene rings is 1. The van der Waals surface area contributed by atoms with Crippen LogP contribution in [0.2, 0.25) is 0 Å². The lowest BCUT2D eigenvalue weighted by Crippen LogP contribution is -1.99. The van der Waals surface area contributed by atoms with Gasteiger partial charge in [-0.15, -0.1) is 0 Å². The molecule has 0 fully saturated rings. The van der Waals surface area contributed by atoms with E-state index in [4.69, 9.17) is 9.26 Å². The minimum atomic E-state index is 0.505. The van der Waals surface area contributed by atoms with Gasteiger partial charge in [-0.3, -0.25) is 4.98 Å². The van der Waals surface area contributed by atoms with E-state index in [2.05, 4.69) is 22.0 Å². The summed E-state index contributed by atoms with van der Waals surface area (Å²) in [6, 6.07) is 7.97. The minimum absolute atomic E-state index is 0.505. The Hall–Kier alpha value is -2.69. The molecule has 5 nitrogen and oxygen atoms in total. The maximum Gasteiger partial charge on any atom is 0.258 e. The van der Waals surface area contributed by atoms with Crippen molar-refractivity contribution in [2.75, 3.05) is 6.61 Å². The highest BCUT2D eigenvalue weighted by Gasteiger charge is 2.14. The lowest BCUT2D eigenvalue weighted by molar-refractivity contribution is 0.313. The van der Waals surface area contributed by atoms with E-state index in [1.54, 1.807) is 0 Å². The van der Waals surface area contributed by atoms with Crippen LogP contribution in [0.5, 0.6) is 5.75 Å². The van der Waals surface area contributed by atoms with Crippen molar-refractivity contribution in [3.05, 3.63) is 46.8 Å². The van der Waals surface area contributed by atoms with Gasteiger partial charge >= 0.3 is 0 Å². The Morgan fingerprint density at radius 3 is 2.12 bits per heavy atom. The smallest absolute Gasteiger partial charge is 0.258 e. The van der Waals surface area contributed by atoms with Crippen molar-refractivity contribution in [2.24, 2.45) is 0 Å². The van der Waals surface area contributed by atoms with E-state index in [9.17, 15) is 0 Å². The van der Waals surface area contributed by atoms with Gasteiger partial charge in [0.05, 0.1) is 6.61 Å². The maximum atomic E-state index is 5.84. The summed E-state index contributed by atoms with van der Waals surface area (Å²) in [5.41, 5.74) is 5.82. The molecule has 3 rings (SSSR count). The molecule has 0 aliphatic heterocycles. The molecule has 0 unspecified atom stereocenters. The molecular formula is C20H23N3O2. The zero-order valence-corrected chi connectivity index (χ0v) is 15.4. The van der Waals surface area contributed by atoms with Crippen LogP contribution in [-0.4, -0.2) is 21.7 Å². The van der Waals surface area contributed by atoms with Crippen LogP contribution >= 0.6 is 0 Å². The van der Waals surface area contributed by atoms with Gasteiger partial charge in [-0.05, 0) is 69.5 Å². The molecule has 0 aliphatic rings. The number of rotatable bonds is 5. The fourth-order valence-corrected chi connectivity index (χ4v) is 2.93. The topological polar surface area (TPSA) is 61.0 Å². The summed E-state index contributed by atoms with van der Waals surface area (Å²) in [5, 5.41) is 4.15. The van der Waals surface area contributed by atoms with E-state index < -0.39 is 0 Å². The Morgan fingerprint density at radius 1 is 0.880 bits per heavy atom. The summed E-state index contributed by atoms with van der Waals surface area (Å²) in [7, 11) is 0. The molecule has 130 valence electrons. The van der Waals surface area contributed by atoms with Crippen LogP contribution in [0.25, 0.3) is 22.8 Å². The first-order valence-electron chi connectivity index (χ1n) is 8.51. The molecule has 5 heteroatoms. The van der Waals surface area contributed by atoms with Crippen LogP contribution in [0.15, 0.2) is 28.8 Å². The molecule has 0 amide bonds. The number of pyridine rings is 1. The van der Waals surface area contributed by atoms with Crippen molar-refractivity contribution in [3.8, 4) is 28.6 Å². The number of hydrogen-bond acceptors (Lipinski definition) is 5. The third-order valence-electron chi connectivity index (χ3n) is 3.92. The van der Waals surface area contributed by atoms with Crippen LogP contribution in [0.4, 0.5) is 0 Å². The summed E-state index contributed by atoms with van der Waals surface area (Å²) >= 11 is 0. The lowest BCUT2D eigenvalue weighted by atomic mass is 10.1. The SMILES string of the molecule is CCCOc1c(C)cc(-c2noc(-c3cc(C)nc(C)c3)n2)cc1C. The molecule has 0 saturated heterocycles. The first-order valence-corrected chi connectivity index (χ1v) is 8.51. The third-order valence-corrected chi connectivity index (χ3v) is 3.92. The number of nitrogens with zero attached hydrogens (tertiary/aromatic N) is 3. The number of aromatic nitrogens is 3. The van der Waals surface area contributed by atoms with E-state index in [1.807, 2.05) is 52.0 Å². The Labute approximate surface area is 148 Å². The van der Waals surface area contributed by atoms with Crippen LogP contribution in [0.3, 0.4) is 0 Å². The number of aryl methyl sites for hydroxylation is 4. The van der Waals surface area contributed by atoms with Gasteiger partial charge in [-0.2, -0.15) is 4.98 Å². The van der Waals surface area contributed by atoms with Crippen molar-refractivity contribution in [1.29, 1.82) is 0 Å². The molecule has 25 heavy (non-hydrogen) atoms. The van der Waals surface area contributed by atoms with Gasteiger partial charge in [0.1, 0.15) is 5.75 Å². The van der Waals surface area contributed by atoms with Crippen molar-refractivity contribution in [2.45, 2.75) is 41.0 Å². The molecule has 0 radical (unpaired) electrons. The van der Waals surface area contributed by atoms with Gasteiger partial charge < -0.3 is 9.26 Å². The molecule has 0 atom stereocenters. The number of hydrogen-bond donors (Lipinski definition) is 0. The summed E-state index contributed by atoms with van der Waals surface area (Å²) in [5.74, 6) is 2.02. The Bertz CT molecular complexity index is 856. The standard InChI is InChI=1S/C20H23N3O2/c1-6-7-24-18-12(2)8-16(9-13(18)3)19-22-20(25-23-19)17-10-14(4)21-15(5)11-17/h8-11H,6-7H2,1-5H3. The number of ether oxygens (including phenoxy) is 1. The maximum absolute atomic E-state index is 5.84. The van der Waals surface area contributed by atoms with Gasteiger partial charge in [0.15, 0.2) is 0 Å². The molecule has 3 aromatic rings. The van der Waals surface area contributed by atoms with Crippen molar-refractivity contribution in [3.63, 3.8) is 0 Å². The zero-order valence-electron chi connectivity index (χ0n) is 15.4. The van der Waals surface area contributed by atoms with Crippen molar-refractivity contribution in [1.82, 2.24) is 15.1 Å². The molecule has 0 spiro atoms. The zero-order chi connectivity index (χ0) is 18.0. The highest BCUT2D eigenvalue weighted by Crippen LogP contribution is 2.30. The molecule has 0 saturated carbocycles. The van der Waals surface area contributed by atoms with E-state index in [1.165, 1.54) is 0 Å². The van der Waals surface area contributed by atoms with Gasteiger partial charge in [-0.1, -0.05) is 12.1 Å². The van der Waals surface area contributed by atoms with Gasteiger partial charge in [0.25, 0.3) is 5.89 Å². The van der Waals surface area contributed by atoms with E-state index in [0.29, 0.717) is 18.3 Å². The van der Waals surface area contributed by atoms with Crippen LogP contribution in [0, 0.1) is 27.7 Å². The molecule has 0 bridgehead atoms. The second kappa shape index (κ2) is 7.05. The molecule has 0 aliphatic carbocycles. The van der Waals surface area contributed by atoms with Crippen LogP contribution in [0.1, 0.15) is 35.9 Å². The van der Waals surface area contributed by atoms with Crippen LogP contribution in [-0.2, 0) is 0 Å². The fraction of sp³-hybridized carbons (Fsp3) is 0.350. The highest BCUT2D eigenvalue weighted by molar-refractivity contribution is 5.63. The highest BCUT2D eigenvalue weighted by atomic mass is 16.5. The lowest BCUT2D eigenvalue weighted by Gasteiger charge is -2.12. The second-order valence-electron chi connectivity index (χ2n) is 6.35. The van der Waals surface area contributed by atoms with E-state index >= 15 is 0 Å². The molecule has 2 aromatic heterocycles. The van der Waals surface area contributed by atoms with Gasteiger partial charge in [0, 0.05) is 22.5 Å². The van der Waals surface area contributed by atoms with Crippen molar-refractivity contribution < 1.29 is 9.26 Å². The van der Waals surface area contributed by atoms with Crippen molar-refractivity contribution >= 4 is 0 Å². The first-order chi connectivity index (χ1) is 12.0. The molecule has 2 heterocycles. The van der Waals surface area contributed by atoms with Crippen LogP contribution < -0.4 is 4.74 Å². The quantitative estimate of drug-likeness (QED) is 0.668. The summed E-state index contributed by atoms with van der Waals surface area (Å²) in [4.78, 5) is 8.94. The largest absolute Gasteiger partial charge is 0.493 e. The van der Waals surface area contributed by atoms with Gasteiger partial charge in [-0.25, -0.2) is 0 Å². The summed E-state index contributed by atoms with van der Waals surface area (Å²) in [6.07, 6.45) is 0.986. The Balaban J connectivity index is 1.94. The van der Waals surface area contributed by atoms with Gasteiger partial charge in [0.2, 0.25) is 5.82 Å². The average molecular weight is 337 g/mol. The predicted molar refractivity (Wildman–Crippen MR) is 97.7 cm³/mol. The fourth-order valence-electron chi connectivity index (χ4n) is 2.93. The Morgan fingerprint density at radius 2 is 1.52 bits per heavy atom. The second-order valence-corrected chi connectivity index (χ2v) is 6.35. The molecule has 1 aromatic carbocycles. The predicted octanol–water partition coefficient (Wildman–Crippen LogP) is 4.82.